The van der Waals surface area contributed by atoms with Gasteiger partial charge in [0.25, 0.3) is 0 Å². The highest BCUT2D eigenvalue weighted by molar-refractivity contribution is 4.88. The first kappa shape index (κ1) is 12.4. The standard InChI is InChI=1S/C14H28N2/c1-4-14(2,3)16-11-7-13(8-12-16)15-9-5-6-10-15/h13H,4-12H2,1-3H3. The Balaban J connectivity index is 1.82. The van der Waals surface area contributed by atoms with Crippen LogP contribution in [0.2, 0.25) is 0 Å². The largest absolute Gasteiger partial charge is 0.300 e. The van der Waals surface area contributed by atoms with Crippen molar-refractivity contribution in [1.82, 2.24) is 9.80 Å². The van der Waals surface area contributed by atoms with Crippen LogP contribution in [0, 0.1) is 0 Å². The van der Waals surface area contributed by atoms with Gasteiger partial charge in [0, 0.05) is 24.7 Å². The van der Waals surface area contributed by atoms with Crippen molar-refractivity contribution in [3.63, 3.8) is 0 Å². The van der Waals surface area contributed by atoms with Crippen molar-refractivity contribution in [3.8, 4) is 0 Å². The normalized spacial score (nSPS) is 26.4. The second-order valence-electron chi connectivity index (χ2n) is 6.13. The van der Waals surface area contributed by atoms with E-state index in [4.69, 9.17) is 0 Å². The molecule has 0 aromatic rings. The minimum Gasteiger partial charge on any atom is -0.300 e. The maximum absolute atomic E-state index is 2.73. The molecular weight excluding hydrogens is 196 g/mol. The first-order valence-electron chi connectivity index (χ1n) is 7.12. The molecule has 0 aliphatic carbocycles. The van der Waals surface area contributed by atoms with E-state index in [1.807, 2.05) is 0 Å². The summed E-state index contributed by atoms with van der Waals surface area (Å²) in [6.07, 6.45) is 6.91. The van der Waals surface area contributed by atoms with Gasteiger partial charge in [-0.2, -0.15) is 0 Å². The molecular formula is C14H28N2. The van der Waals surface area contributed by atoms with E-state index in [1.165, 1.54) is 58.3 Å². The summed E-state index contributed by atoms with van der Waals surface area (Å²) in [7, 11) is 0. The molecule has 2 heteroatoms. The smallest absolute Gasteiger partial charge is 0.0150 e. The highest BCUT2D eigenvalue weighted by Gasteiger charge is 2.31. The van der Waals surface area contributed by atoms with E-state index in [-0.39, 0.29) is 0 Å². The summed E-state index contributed by atoms with van der Waals surface area (Å²) in [5.74, 6) is 0. The van der Waals surface area contributed by atoms with Gasteiger partial charge >= 0.3 is 0 Å². The molecule has 2 nitrogen and oxygen atoms in total. The van der Waals surface area contributed by atoms with Crippen molar-refractivity contribution in [2.45, 2.75) is 64.5 Å². The van der Waals surface area contributed by atoms with E-state index in [0.717, 1.165) is 6.04 Å². The Labute approximate surface area is 101 Å². The number of likely N-dealkylation sites (tertiary alicyclic amines) is 2. The van der Waals surface area contributed by atoms with Gasteiger partial charge in [0.15, 0.2) is 0 Å². The molecule has 0 amide bonds. The number of hydrogen-bond donors (Lipinski definition) is 0. The molecule has 0 N–H and O–H groups in total. The fraction of sp³-hybridized carbons (Fsp3) is 1.00. The van der Waals surface area contributed by atoms with Gasteiger partial charge in [0.2, 0.25) is 0 Å². The van der Waals surface area contributed by atoms with E-state index in [1.54, 1.807) is 0 Å². The van der Waals surface area contributed by atoms with Gasteiger partial charge in [-0.05, 0) is 59.0 Å². The monoisotopic (exact) mass is 224 g/mol. The van der Waals surface area contributed by atoms with Gasteiger partial charge in [-0.1, -0.05) is 6.92 Å². The van der Waals surface area contributed by atoms with Crippen LogP contribution in [-0.2, 0) is 0 Å². The van der Waals surface area contributed by atoms with Crippen LogP contribution in [0.4, 0.5) is 0 Å². The van der Waals surface area contributed by atoms with Crippen LogP contribution in [-0.4, -0.2) is 47.6 Å². The van der Waals surface area contributed by atoms with Crippen molar-refractivity contribution in [2.75, 3.05) is 26.2 Å². The van der Waals surface area contributed by atoms with Crippen LogP contribution in [0.3, 0.4) is 0 Å². The zero-order valence-electron chi connectivity index (χ0n) is 11.3. The third-order valence-corrected chi connectivity index (χ3v) is 4.84. The molecule has 2 heterocycles. The number of rotatable bonds is 3. The highest BCUT2D eigenvalue weighted by Crippen LogP contribution is 2.26. The summed E-state index contributed by atoms with van der Waals surface area (Å²) in [5, 5.41) is 0. The lowest BCUT2D eigenvalue weighted by atomic mass is 9.94. The molecule has 0 saturated carbocycles. The van der Waals surface area contributed by atoms with Gasteiger partial charge < -0.3 is 4.90 Å². The molecule has 2 aliphatic rings. The second kappa shape index (κ2) is 5.05. The van der Waals surface area contributed by atoms with Crippen LogP contribution in [0.25, 0.3) is 0 Å². The van der Waals surface area contributed by atoms with Crippen LogP contribution in [0.5, 0.6) is 0 Å². The Morgan fingerprint density at radius 2 is 1.56 bits per heavy atom. The van der Waals surface area contributed by atoms with Crippen LogP contribution >= 0.6 is 0 Å². The summed E-state index contributed by atoms with van der Waals surface area (Å²) >= 11 is 0. The molecule has 2 aliphatic heterocycles. The Hall–Kier alpha value is -0.0800. The molecule has 2 rings (SSSR count). The average Bonchev–Trinajstić information content (AvgIpc) is 2.83. The predicted molar refractivity (Wildman–Crippen MR) is 69.8 cm³/mol. The summed E-state index contributed by atoms with van der Waals surface area (Å²) in [6.45, 7) is 12.4. The average molecular weight is 224 g/mol. The van der Waals surface area contributed by atoms with Crippen molar-refractivity contribution in [3.05, 3.63) is 0 Å². The summed E-state index contributed by atoms with van der Waals surface area (Å²) in [6, 6.07) is 0.895. The van der Waals surface area contributed by atoms with Crippen LogP contribution < -0.4 is 0 Å². The van der Waals surface area contributed by atoms with Crippen LogP contribution in [0.1, 0.15) is 52.9 Å². The van der Waals surface area contributed by atoms with Crippen molar-refractivity contribution < 1.29 is 0 Å². The topological polar surface area (TPSA) is 6.48 Å². The first-order valence-corrected chi connectivity index (χ1v) is 7.12. The first-order chi connectivity index (χ1) is 7.63. The number of piperidine rings is 1. The van der Waals surface area contributed by atoms with E-state index in [9.17, 15) is 0 Å². The number of hydrogen-bond acceptors (Lipinski definition) is 2. The second-order valence-corrected chi connectivity index (χ2v) is 6.13. The summed E-state index contributed by atoms with van der Waals surface area (Å²) < 4.78 is 0. The quantitative estimate of drug-likeness (QED) is 0.727. The Kier molecular flexibility index (Phi) is 3.91. The lowest BCUT2D eigenvalue weighted by Crippen LogP contribution is -2.51. The molecule has 0 atom stereocenters. The van der Waals surface area contributed by atoms with Gasteiger partial charge in [0.05, 0.1) is 0 Å². The summed E-state index contributed by atoms with van der Waals surface area (Å²) in [5.41, 5.74) is 0.413. The molecule has 0 bridgehead atoms. The van der Waals surface area contributed by atoms with Gasteiger partial charge in [-0.25, -0.2) is 0 Å². The maximum atomic E-state index is 2.73. The SMILES string of the molecule is CCC(C)(C)N1CCC(N2CCCC2)CC1. The zero-order chi connectivity index (χ0) is 11.6. The van der Waals surface area contributed by atoms with Crippen molar-refractivity contribution in [2.24, 2.45) is 0 Å². The Morgan fingerprint density at radius 1 is 1.00 bits per heavy atom. The van der Waals surface area contributed by atoms with E-state index in [2.05, 4.69) is 30.6 Å². The molecule has 0 radical (unpaired) electrons. The molecule has 0 unspecified atom stereocenters. The molecule has 94 valence electrons. The third kappa shape index (κ3) is 2.60. The van der Waals surface area contributed by atoms with Crippen molar-refractivity contribution >= 4 is 0 Å². The molecule has 0 aromatic carbocycles. The molecule has 2 saturated heterocycles. The zero-order valence-corrected chi connectivity index (χ0v) is 11.3. The van der Waals surface area contributed by atoms with Gasteiger partial charge in [0.1, 0.15) is 0 Å². The molecule has 0 spiro atoms. The predicted octanol–water partition coefficient (Wildman–Crippen LogP) is 2.74. The number of nitrogens with zero attached hydrogens (tertiary/aromatic N) is 2. The molecule has 0 aromatic heterocycles. The van der Waals surface area contributed by atoms with Crippen LogP contribution in [0.15, 0.2) is 0 Å². The molecule has 2 fully saturated rings. The maximum Gasteiger partial charge on any atom is 0.0150 e. The minimum atomic E-state index is 0.413. The van der Waals surface area contributed by atoms with E-state index in [0.29, 0.717) is 5.54 Å². The van der Waals surface area contributed by atoms with E-state index < -0.39 is 0 Å². The fourth-order valence-electron chi connectivity index (χ4n) is 3.17. The summed E-state index contributed by atoms with van der Waals surface area (Å²) in [4.78, 5) is 5.43. The van der Waals surface area contributed by atoms with Gasteiger partial charge in [-0.3, -0.25) is 4.90 Å². The van der Waals surface area contributed by atoms with Gasteiger partial charge in [-0.15, -0.1) is 0 Å². The minimum absolute atomic E-state index is 0.413. The fourth-order valence-corrected chi connectivity index (χ4v) is 3.17. The molecule has 16 heavy (non-hydrogen) atoms. The Morgan fingerprint density at radius 3 is 2.06 bits per heavy atom. The third-order valence-electron chi connectivity index (χ3n) is 4.84. The highest BCUT2D eigenvalue weighted by atomic mass is 15.2. The Bertz CT molecular complexity index is 211. The lowest BCUT2D eigenvalue weighted by Gasteiger charge is -2.44. The van der Waals surface area contributed by atoms with E-state index >= 15 is 0 Å². The van der Waals surface area contributed by atoms with Crippen molar-refractivity contribution in [1.29, 1.82) is 0 Å². The lowest BCUT2D eigenvalue weighted by molar-refractivity contribution is 0.0530.